The lowest BCUT2D eigenvalue weighted by molar-refractivity contribution is 0.205. The summed E-state index contributed by atoms with van der Waals surface area (Å²) in [5, 5.41) is 4.45. The molecule has 6 nitrogen and oxygen atoms in total. The summed E-state index contributed by atoms with van der Waals surface area (Å²) in [7, 11) is 3.99. The molecule has 0 bridgehead atoms. The van der Waals surface area contributed by atoms with E-state index in [0.717, 1.165) is 29.4 Å². The molecule has 1 heterocycles. The van der Waals surface area contributed by atoms with Crippen molar-refractivity contribution in [1.82, 2.24) is 14.8 Å². The van der Waals surface area contributed by atoms with E-state index in [-0.39, 0.29) is 18.1 Å². The SMILES string of the molecule is Cc1ccc2cc(CN(CCCN(C)C)C(=O)Nc3ccc(Cl)cc3)c(=O)[nH]c2c1. The summed E-state index contributed by atoms with van der Waals surface area (Å²) in [6.45, 7) is 3.59. The first kappa shape index (κ1) is 21.9. The molecule has 158 valence electrons. The van der Waals surface area contributed by atoms with Gasteiger partial charge in [0, 0.05) is 28.3 Å². The fraction of sp³-hybridized carbons (Fsp3) is 0.304. The molecule has 1 aromatic heterocycles. The van der Waals surface area contributed by atoms with E-state index in [4.69, 9.17) is 11.6 Å². The molecule has 0 unspecified atom stereocenters. The van der Waals surface area contributed by atoms with Gasteiger partial charge in [0.2, 0.25) is 0 Å². The first-order valence-corrected chi connectivity index (χ1v) is 10.3. The van der Waals surface area contributed by atoms with E-state index < -0.39 is 0 Å². The molecule has 0 fully saturated rings. The Hall–Kier alpha value is -2.83. The first-order chi connectivity index (χ1) is 14.3. The minimum absolute atomic E-state index is 0.176. The Kier molecular flexibility index (Phi) is 7.13. The van der Waals surface area contributed by atoms with E-state index in [1.165, 1.54) is 0 Å². The van der Waals surface area contributed by atoms with Crippen LogP contribution in [-0.2, 0) is 6.54 Å². The zero-order chi connectivity index (χ0) is 21.7. The number of carbonyl (C=O) groups excluding carboxylic acids is 1. The number of nitrogens with one attached hydrogen (secondary N) is 2. The number of rotatable bonds is 7. The van der Waals surface area contributed by atoms with E-state index >= 15 is 0 Å². The molecule has 0 aliphatic rings. The van der Waals surface area contributed by atoms with Crippen molar-refractivity contribution in [3.63, 3.8) is 0 Å². The highest BCUT2D eigenvalue weighted by atomic mass is 35.5. The van der Waals surface area contributed by atoms with Gasteiger partial charge in [0.05, 0.1) is 6.54 Å². The summed E-state index contributed by atoms with van der Waals surface area (Å²) >= 11 is 5.93. The van der Waals surface area contributed by atoms with Gasteiger partial charge in [0.1, 0.15) is 0 Å². The number of aromatic nitrogens is 1. The third-order valence-electron chi connectivity index (χ3n) is 4.86. The fourth-order valence-corrected chi connectivity index (χ4v) is 3.38. The third kappa shape index (κ3) is 5.84. The Balaban J connectivity index is 1.82. The third-order valence-corrected chi connectivity index (χ3v) is 5.11. The number of aryl methyl sites for hydroxylation is 1. The Morgan fingerprint density at radius 3 is 2.50 bits per heavy atom. The van der Waals surface area contributed by atoms with Gasteiger partial charge < -0.3 is 20.1 Å². The zero-order valence-electron chi connectivity index (χ0n) is 17.5. The lowest BCUT2D eigenvalue weighted by Gasteiger charge is -2.24. The van der Waals surface area contributed by atoms with Crippen LogP contribution in [0.2, 0.25) is 5.02 Å². The second-order valence-electron chi connectivity index (χ2n) is 7.73. The average molecular weight is 427 g/mol. The lowest BCUT2D eigenvalue weighted by atomic mass is 10.1. The van der Waals surface area contributed by atoms with E-state index in [1.54, 1.807) is 29.2 Å². The molecule has 0 spiro atoms. The van der Waals surface area contributed by atoms with Crippen LogP contribution in [0, 0.1) is 6.92 Å². The maximum atomic E-state index is 13.0. The van der Waals surface area contributed by atoms with Crippen molar-refractivity contribution in [1.29, 1.82) is 0 Å². The number of hydrogen-bond donors (Lipinski definition) is 2. The van der Waals surface area contributed by atoms with Gasteiger partial charge in [-0.3, -0.25) is 4.79 Å². The van der Waals surface area contributed by atoms with Crippen molar-refractivity contribution in [2.75, 3.05) is 32.5 Å². The quantitative estimate of drug-likeness (QED) is 0.585. The number of hydrogen-bond acceptors (Lipinski definition) is 3. The van der Waals surface area contributed by atoms with Crippen LogP contribution in [-0.4, -0.2) is 48.0 Å². The van der Waals surface area contributed by atoms with Crippen LogP contribution < -0.4 is 10.9 Å². The summed E-state index contributed by atoms with van der Waals surface area (Å²) in [5.41, 5.74) is 2.92. The molecule has 0 aliphatic carbocycles. The van der Waals surface area contributed by atoms with Gasteiger partial charge in [0.15, 0.2) is 0 Å². The summed E-state index contributed by atoms with van der Waals surface area (Å²) in [5.74, 6) is 0. The number of nitrogens with zero attached hydrogens (tertiary/aromatic N) is 2. The van der Waals surface area contributed by atoms with Crippen molar-refractivity contribution in [3.8, 4) is 0 Å². The first-order valence-electron chi connectivity index (χ1n) is 9.90. The molecule has 3 rings (SSSR count). The topological polar surface area (TPSA) is 68.4 Å². The van der Waals surface area contributed by atoms with E-state index in [1.807, 2.05) is 45.3 Å². The lowest BCUT2D eigenvalue weighted by Crippen LogP contribution is -2.37. The molecule has 0 radical (unpaired) electrons. The van der Waals surface area contributed by atoms with Gasteiger partial charge >= 0.3 is 6.03 Å². The summed E-state index contributed by atoms with van der Waals surface area (Å²) < 4.78 is 0. The van der Waals surface area contributed by atoms with Gasteiger partial charge in [0.25, 0.3) is 5.56 Å². The van der Waals surface area contributed by atoms with Crippen LogP contribution in [0.5, 0.6) is 0 Å². The molecule has 30 heavy (non-hydrogen) atoms. The van der Waals surface area contributed by atoms with Gasteiger partial charge in [-0.2, -0.15) is 0 Å². The fourth-order valence-electron chi connectivity index (χ4n) is 3.25. The summed E-state index contributed by atoms with van der Waals surface area (Å²) in [6.07, 6.45) is 0.797. The van der Waals surface area contributed by atoms with Crippen LogP contribution in [0.4, 0.5) is 10.5 Å². The number of amides is 2. The van der Waals surface area contributed by atoms with Gasteiger partial charge in [-0.15, -0.1) is 0 Å². The number of anilines is 1. The number of aromatic amines is 1. The van der Waals surface area contributed by atoms with Crippen molar-refractivity contribution < 1.29 is 4.79 Å². The molecule has 0 aliphatic heterocycles. The van der Waals surface area contributed by atoms with Crippen molar-refractivity contribution in [2.45, 2.75) is 19.9 Å². The second kappa shape index (κ2) is 9.78. The number of carbonyl (C=O) groups is 1. The Morgan fingerprint density at radius 2 is 1.80 bits per heavy atom. The predicted octanol–water partition coefficient (Wildman–Crippen LogP) is 4.48. The number of halogens is 1. The normalized spacial score (nSPS) is 11.1. The van der Waals surface area contributed by atoms with Gasteiger partial charge in [-0.1, -0.05) is 23.7 Å². The number of pyridine rings is 1. The molecule has 7 heteroatoms. The molecule has 0 atom stereocenters. The molecule has 2 amide bonds. The van der Waals surface area contributed by atoms with Crippen LogP contribution in [0.3, 0.4) is 0 Å². The van der Waals surface area contributed by atoms with Crippen LogP contribution in [0.25, 0.3) is 10.9 Å². The highest BCUT2D eigenvalue weighted by molar-refractivity contribution is 6.30. The largest absolute Gasteiger partial charge is 0.322 e. The van der Waals surface area contributed by atoms with Crippen LogP contribution in [0.1, 0.15) is 17.5 Å². The zero-order valence-corrected chi connectivity index (χ0v) is 18.3. The molecule has 0 saturated heterocycles. The van der Waals surface area contributed by atoms with Crippen molar-refractivity contribution in [2.24, 2.45) is 0 Å². The second-order valence-corrected chi connectivity index (χ2v) is 8.17. The maximum Gasteiger partial charge on any atom is 0.322 e. The number of fused-ring (bicyclic) bond motifs is 1. The smallest absolute Gasteiger partial charge is 0.322 e. The molecular weight excluding hydrogens is 400 g/mol. The number of urea groups is 1. The summed E-state index contributed by atoms with van der Waals surface area (Å²) in [6, 6.07) is 14.5. The van der Waals surface area contributed by atoms with E-state index in [0.29, 0.717) is 22.8 Å². The van der Waals surface area contributed by atoms with Crippen molar-refractivity contribution >= 4 is 34.2 Å². The Labute approximate surface area is 181 Å². The molecule has 2 aromatic carbocycles. The van der Waals surface area contributed by atoms with E-state index in [2.05, 4.69) is 15.2 Å². The average Bonchev–Trinajstić information content (AvgIpc) is 2.69. The van der Waals surface area contributed by atoms with Gasteiger partial charge in [-0.25, -0.2) is 4.79 Å². The minimum atomic E-state index is -0.250. The predicted molar refractivity (Wildman–Crippen MR) is 123 cm³/mol. The Morgan fingerprint density at radius 1 is 1.07 bits per heavy atom. The maximum absolute atomic E-state index is 13.0. The number of benzene rings is 2. The molecule has 0 saturated carbocycles. The highest BCUT2D eigenvalue weighted by Crippen LogP contribution is 2.16. The molecular formula is C23H27ClN4O2. The molecule has 2 N–H and O–H groups in total. The minimum Gasteiger partial charge on any atom is -0.322 e. The van der Waals surface area contributed by atoms with Gasteiger partial charge in [-0.05, 0) is 81.3 Å². The summed E-state index contributed by atoms with van der Waals surface area (Å²) in [4.78, 5) is 32.3. The highest BCUT2D eigenvalue weighted by Gasteiger charge is 2.16. The standard InChI is InChI=1S/C23H27ClN4O2/c1-16-5-6-17-14-18(22(29)26-21(17)13-16)15-28(12-4-11-27(2)3)23(30)25-20-9-7-19(24)8-10-20/h5-10,13-14H,4,11-12,15H2,1-3H3,(H,25,30)(H,26,29). The number of H-pyrrole nitrogens is 1. The van der Waals surface area contributed by atoms with Crippen molar-refractivity contribution in [3.05, 3.63) is 75.0 Å². The molecule has 3 aromatic rings. The van der Waals surface area contributed by atoms with Crippen LogP contribution >= 0.6 is 11.6 Å². The Bertz CT molecular complexity index is 1080. The van der Waals surface area contributed by atoms with E-state index in [9.17, 15) is 9.59 Å². The van der Waals surface area contributed by atoms with Crippen LogP contribution in [0.15, 0.2) is 53.3 Å². The monoisotopic (exact) mass is 426 g/mol.